The summed E-state index contributed by atoms with van der Waals surface area (Å²) >= 11 is 0. The Labute approximate surface area is 139 Å². The molecule has 6 heteroatoms. The molecule has 5 nitrogen and oxygen atoms in total. The third kappa shape index (κ3) is 4.12. The summed E-state index contributed by atoms with van der Waals surface area (Å²) in [5.41, 5.74) is 2.92. The summed E-state index contributed by atoms with van der Waals surface area (Å²) in [6, 6.07) is 5.97. The molecule has 23 heavy (non-hydrogen) atoms. The van der Waals surface area contributed by atoms with Crippen LogP contribution in [0.2, 0.25) is 0 Å². The minimum atomic E-state index is -3.17. The predicted octanol–water partition coefficient (Wildman–Crippen LogP) is 2.01. The summed E-state index contributed by atoms with van der Waals surface area (Å²) in [5, 5.41) is 0. The van der Waals surface area contributed by atoms with Gasteiger partial charge in [0.05, 0.1) is 6.26 Å². The third-order valence-electron chi connectivity index (χ3n) is 4.32. The number of nitrogens with zero attached hydrogens (tertiary/aromatic N) is 2. The Hall–Kier alpha value is -1.40. The van der Waals surface area contributed by atoms with Crippen LogP contribution < -0.4 is 0 Å². The highest BCUT2D eigenvalue weighted by molar-refractivity contribution is 7.88. The van der Waals surface area contributed by atoms with Gasteiger partial charge < -0.3 is 4.90 Å². The minimum Gasteiger partial charge on any atom is -0.336 e. The van der Waals surface area contributed by atoms with E-state index in [2.05, 4.69) is 26.8 Å². The van der Waals surface area contributed by atoms with E-state index in [1.807, 2.05) is 19.1 Å². The zero-order chi connectivity index (χ0) is 17.4. The molecule has 1 fully saturated rings. The Morgan fingerprint density at radius 2 is 1.65 bits per heavy atom. The molecule has 0 unspecified atom stereocenters. The van der Waals surface area contributed by atoms with Crippen molar-refractivity contribution in [1.29, 1.82) is 0 Å². The summed E-state index contributed by atoms with van der Waals surface area (Å²) in [6.07, 6.45) is 1.21. The van der Waals surface area contributed by atoms with E-state index in [0.29, 0.717) is 31.7 Å². The van der Waals surface area contributed by atoms with E-state index in [9.17, 15) is 13.2 Å². The lowest BCUT2D eigenvalue weighted by Gasteiger charge is -2.33. The fraction of sp³-hybridized carbons (Fsp3) is 0.588. The van der Waals surface area contributed by atoms with E-state index in [-0.39, 0.29) is 11.3 Å². The quantitative estimate of drug-likeness (QED) is 0.829. The van der Waals surface area contributed by atoms with Gasteiger partial charge in [-0.25, -0.2) is 8.42 Å². The van der Waals surface area contributed by atoms with E-state index in [0.717, 1.165) is 5.56 Å². The number of amides is 1. The maximum atomic E-state index is 12.7. The SMILES string of the molecule is Cc1cc(C(C)(C)C)ccc1C(=O)N1CCN(S(C)(=O)=O)CC1. The zero-order valence-electron chi connectivity index (χ0n) is 14.6. The van der Waals surface area contributed by atoms with Crippen LogP contribution in [0.4, 0.5) is 0 Å². The number of carbonyl (C=O) groups excluding carboxylic acids is 1. The highest BCUT2D eigenvalue weighted by atomic mass is 32.2. The summed E-state index contributed by atoms with van der Waals surface area (Å²) in [7, 11) is -3.17. The Morgan fingerprint density at radius 3 is 2.09 bits per heavy atom. The average Bonchev–Trinajstić information content (AvgIpc) is 2.45. The summed E-state index contributed by atoms with van der Waals surface area (Å²) in [6.45, 7) is 10.00. The highest BCUT2D eigenvalue weighted by Gasteiger charge is 2.27. The van der Waals surface area contributed by atoms with Crippen LogP contribution >= 0.6 is 0 Å². The Bertz CT molecular complexity index is 697. The molecule has 1 aliphatic rings. The average molecular weight is 338 g/mol. The molecule has 0 bridgehead atoms. The van der Waals surface area contributed by atoms with Gasteiger partial charge >= 0.3 is 0 Å². The molecule has 1 heterocycles. The highest BCUT2D eigenvalue weighted by Crippen LogP contribution is 2.25. The lowest BCUT2D eigenvalue weighted by Crippen LogP contribution is -2.50. The molecule has 1 amide bonds. The van der Waals surface area contributed by atoms with E-state index >= 15 is 0 Å². The van der Waals surface area contributed by atoms with Gasteiger partial charge in [0.25, 0.3) is 5.91 Å². The Kier molecular flexibility index (Phi) is 4.87. The molecule has 128 valence electrons. The molecule has 0 N–H and O–H groups in total. The maximum Gasteiger partial charge on any atom is 0.254 e. The lowest BCUT2D eigenvalue weighted by molar-refractivity contribution is 0.0697. The fourth-order valence-electron chi connectivity index (χ4n) is 2.76. The van der Waals surface area contributed by atoms with Gasteiger partial charge in [-0.05, 0) is 29.5 Å². The largest absolute Gasteiger partial charge is 0.336 e. The number of sulfonamides is 1. The van der Waals surface area contributed by atoms with Gasteiger partial charge in [-0.15, -0.1) is 0 Å². The molecule has 0 aliphatic carbocycles. The second-order valence-corrected chi connectivity index (χ2v) is 9.22. The van der Waals surface area contributed by atoms with Crippen LogP contribution in [-0.4, -0.2) is 56.0 Å². The van der Waals surface area contributed by atoms with Crippen LogP contribution in [0.5, 0.6) is 0 Å². The van der Waals surface area contributed by atoms with Crippen LogP contribution in [0.1, 0.15) is 42.3 Å². The van der Waals surface area contributed by atoms with Gasteiger partial charge in [0, 0.05) is 31.7 Å². The first-order chi connectivity index (χ1) is 10.5. The van der Waals surface area contributed by atoms with Gasteiger partial charge in [-0.3, -0.25) is 4.79 Å². The number of rotatable bonds is 2. The molecular formula is C17H26N2O3S. The van der Waals surface area contributed by atoms with Gasteiger partial charge in [-0.1, -0.05) is 32.9 Å². The van der Waals surface area contributed by atoms with E-state index in [4.69, 9.17) is 0 Å². The number of piperazine rings is 1. The van der Waals surface area contributed by atoms with Crippen molar-refractivity contribution in [3.05, 3.63) is 34.9 Å². The van der Waals surface area contributed by atoms with Gasteiger partial charge in [-0.2, -0.15) is 4.31 Å². The monoisotopic (exact) mass is 338 g/mol. The lowest BCUT2D eigenvalue weighted by atomic mass is 9.85. The molecule has 1 aliphatic heterocycles. The van der Waals surface area contributed by atoms with E-state index < -0.39 is 10.0 Å². The Morgan fingerprint density at radius 1 is 1.09 bits per heavy atom. The first-order valence-corrected chi connectivity index (χ1v) is 9.70. The molecule has 0 atom stereocenters. The topological polar surface area (TPSA) is 57.7 Å². The van der Waals surface area contributed by atoms with Crippen LogP contribution in [0.3, 0.4) is 0 Å². The van der Waals surface area contributed by atoms with Gasteiger partial charge in [0.1, 0.15) is 0 Å². The van der Waals surface area contributed by atoms with Crippen molar-refractivity contribution in [3.63, 3.8) is 0 Å². The molecule has 1 aromatic carbocycles. The van der Waals surface area contributed by atoms with E-state index in [1.54, 1.807) is 4.90 Å². The van der Waals surface area contributed by atoms with Crippen molar-refractivity contribution in [2.75, 3.05) is 32.4 Å². The smallest absolute Gasteiger partial charge is 0.254 e. The van der Waals surface area contributed by atoms with Crippen LogP contribution in [0.25, 0.3) is 0 Å². The molecule has 0 radical (unpaired) electrons. The van der Waals surface area contributed by atoms with Crippen molar-refractivity contribution in [1.82, 2.24) is 9.21 Å². The van der Waals surface area contributed by atoms with Crippen molar-refractivity contribution in [2.24, 2.45) is 0 Å². The zero-order valence-corrected chi connectivity index (χ0v) is 15.4. The van der Waals surface area contributed by atoms with Crippen LogP contribution in [0, 0.1) is 6.92 Å². The Balaban J connectivity index is 2.13. The molecule has 0 aromatic heterocycles. The minimum absolute atomic E-state index is 0.0175. The molecule has 1 saturated heterocycles. The molecular weight excluding hydrogens is 312 g/mol. The van der Waals surface area contributed by atoms with Crippen molar-refractivity contribution < 1.29 is 13.2 Å². The second kappa shape index (κ2) is 6.24. The summed E-state index contributed by atoms with van der Waals surface area (Å²) in [4.78, 5) is 14.4. The fourth-order valence-corrected chi connectivity index (χ4v) is 3.59. The summed E-state index contributed by atoms with van der Waals surface area (Å²) in [5.74, 6) is -0.0175. The van der Waals surface area contributed by atoms with Crippen molar-refractivity contribution in [3.8, 4) is 0 Å². The van der Waals surface area contributed by atoms with Crippen LogP contribution in [0.15, 0.2) is 18.2 Å². The van der Waals surface area contributed by atoms with Gasteiger partial charge in [0.2, 0.25) is 10.0 Å². The second-order valence-electron chi connectivity index (χ2n) is 7.23. The number of hydrogen-bond acceptors (Lipinski definition) is 3. The van der Waals surface area contributed by atoms with Gasteiger partial charge in [0.15, 0.2) is 0 Å². The maximum absolute atomic E-state index is 12.7. The first-order valence-electron chi connectivity index (χ1n) is 7.85. The number of carbonyl (C=O) groups is 1. The van der Waals surface area contributed by atoms with Crippen LogP contribution in [-0.2, 0) is 15.4 Å². The van der Waals surface area contributed by atoms with E-state index in [1.165, 1.54) is 16.1 Å². The predicted molar refractivity (Wildman–Crippen MR) is 92.2 cm³/mol. The standard InChI is InChI=1S/C17H26N2O3S/c1-13-12-14(17(2,3)4)6-7-15(13)16(20)18-8-10-19(11-9-18)23(5,21)22/h6-7,12H,8-11H2,1-5H3. The van der Waals surface area contributed by atoms with Crippen molar-refractivity contribution >= 4 is 15.9 Å². The third-order valence-corrected chi connectivity index (χ3v) is 5.62. The number of aryl methyl sites for hydroxylation is 1. The first kappa shape index (κ1) is 17.9. The molecule has 1 aromatic rings. The molecule has 0 spiro atoms. The van der Waals surface area contributed by atoms with Crippen molar-refractivity contribution in [2.45, 2.75) is 33.1 Å². The summed E-state index contributed by atoms with van der Waals surface area (Å²) < 4.78 is 24.5. The molecule has 2 rings (SSSR count). The molecule has 0 saturated carbocycles. The number of hydrogen-bond donors (Lipinski definition) is 0. The number of benzene rings is 1. The normalized spacial score (nSPS) is 17.3.